The van der Waals surface area contributed by atoms with E-state index in [1.807, 2.05) is 6.07 Å². The normalized spacial score (nSPS) is 21.7. The molecule has 2 fully saturated rings. The predicted octanol–water partition coefficient (Wildman–Crippen LogP) is 2.94. The fraction of sp³-hybridized carbons (Fsp3) is 0.478. The zero-order chi connectivity index (χ0) is 24.1. The maximum Gasteiger partial charge on any atom is 0.256 e. The minimum atomic E-state index is -2.51. The van der Waals surface area contributed by atoms with Crippen molar-refractivity contribution in [1.82, 2.24) is 34.0 Å². The van der Waals surface area contributed by atoms with Gasteiger partial charge in [0.05, 0.1) is 49.2 Å². The maximum absolute atomic E-state index is 14.8. The van der Waals surface area contributed by atoms with Gasteiger partial charge in [-0.15, -0.1) is 5.10 Å². The number of ether oxygens (including phenoxy) is 1. The molecule has 184 valence electrons. The van der Waals surface area contributed by atoms with E-state index in [2.05, 4.69) is 30.3 Å². The number of pyridine rings is 1. The first-order chi connectivity index (χ1) is 17.0. The fourth-order valence-electron chi connectivity index (χ4n) is 4.83. The molecule has 4 aromatic rings. The van der Waals surface area contributed by atoms with Crippen molar-refractivity contribution in [2.45, 2.75) is 44.6 Å². The molecule has 0 aliphatic carbocycles. The molecule has 2 atom stereocenters. The Kier molecular flexibility index (Phi) is 5.56. The highest BCUT2D eigenvalue weighted by molar-refractivity contribution is 5.82. The summed E-state index contributed by atoms with van der Waals surface area (Å²) in [5.74, 6) is 0.838. The molecular formula is C23H25F3N8O. The van der Waals surface area contributed by atoms with Crippen LogP contribution in [0.3, 0.4) is 0 Å². The van der Waals surface area contributed by atoms with Gasteiger partial charge < -0.3 is 14.6 Å². The largest absolute Gasteiger partial charge is 0.378 e. The molecule has 0 aromatic carbocycles. The minimum Gasteiger partial charge on any atom is -0.378 e. The Morgan fingerprint density at radius 1 is 1.20 bits per heavy atom. The number of nitrogens with one attached hydrogen (secondary N) is 1. The molecule has 2 aliphatic heterocycles. The van der Waals surface area contributed by atoms with E-state index in [4.69, 9.17) is 4.74 Å². The highest BCUT2D eigenvalue weighted by atomic mass is 19.3. The number of hydrogen-bond donors (Lipinski definition) is 1. The van der Waals surface area contributed by atoms with E-state index in [1.165, 1.54) is 4.57 Å². The predicted molar refractivity (Wildman–Crippen MR) is 123 cm³/mol. The summed E-state index contributed by atoms with van der Waals surface area (Å²) < 4.78 is 49.2. The van der Waals surface area contributed by atoms with Crippen molar-refractivity contribution >= 4 is 22.6 Å². The minimum absolute atomic E-state index is 0.325. The number of likely N-dealkylation sites (tertiary alicyclic amines) is 1. The molecule has 4 aromatic heterocycles. The summed E-state index contributed by atoms with van der Waals surface area (Å²) in [5.41, 5.74) is 3.05. The number of halogens is 3. The summed E-state index contributed by atoms with van der Waals surface area (Å²) in [6.07, 6.45) is 0.561. The van der Waals surface area contributed by atoms with Crippen LogP contribution in [0.1, 0.15) is 12.2 Å². The van der Waals surface area contributed by atoms with Crippen LogP contribution in [-0.4, -0.2) is 85.0 Å². The van der Waals surface area contributed by atoms with Crippen molar-refractivity contribution < 1.29 is 17.9 Å². The Morgan fingerprint density at radius 2 is 2.06 bits per heavy atom. The number of alkyl halides is 3. The number of fused-ring (bicyclic) bond motifs is 2. The summed E-state index contributed by atoms with van der Waals surface area (Å²) >= 11 is 0. The quantitative estimate of drug-likeness (QED) is 0.449. The average Bonchev–Trinajstić information content (AvgIpc) is 3.34. The number of aromatic nitrogens is 6. The van der Waals surface area contributed by atoms with Crippen molar-refractivity contribution in [3.05, 3.63) is 36.4 Å². The van der Waals surface area contributed by atoms with Gasteiger partial charge in [0.15, 0.2) is 5.65 Å². The van der Waals surface area contributed by atoms with Crippen molar-refractivity contribution in [1.29, 1.82) is 0 Å². The van der Waals surface area contributed by atoms with Crippen LogP contribution < -0.4 is 5.32 Å². The lowest BCUT2D eigenvalue weighted by atomic mass is 10.0. The van der Waals surface area contributed by atoms with Gasteiger partial charge in [-0.05, 0) is 31.5 Å². The van der Waals surface area contributed by atoms with Crippen LogP contribution in [-0.2, 0) is 11.3 Å². The smallest absolute Gasteiger partial charge is 0.256 e. The number of rotatable bonds is 6. The number of hydrogen-bond acceptors (Lipinski definition) is 7. The lowest BCUT2D eigenvalue weighted by Gasteiger charge is -2.42. The van der Waals surface area contributed by atoms with Gasteiger partial charge in [-0.25, -0.2) is 32.6 Å². The third-order valence-electron chi connectivity index (χ3n) is 6.82. The van der Waals surface area contributed by atoms with Gasteiger partial charge in [-0.1, -0.05) is 0 Å². The standard InChI is InChI=1S/C23H25F3N8O/c1-13-28-19-3-2-17(29-22(19)33(13)10-21(25)26)15-4-7-34-20(15)8-27-23(31-34)30-18-5-6-32(9-16(18)24)14-11-35-12-14/h2-4,7-8,14,16,18,21H,5-6,9-12H2,1H3,(H,30,31)/t16-,18+/m1/s1. The molecule has 0 amide bonds. The van der Waals surface area contributed by atoms with Crippen LogP contribution in [0.25, 0.3) is 27.9 Å². The molecule has 0 spiro atoms. The Hall–Kier alpha value is -3.25. The second kappa shape index (κ2) is 8.76. The Balaban J connectivity index is 1.23. The van der Waals surface area contributed by atoms with Crippen molar-refractivity contribution in [3.63, 3.8) is 0 Å². The Labute approximate surface area is 198 Å². The van der Waals surface area contributed by atoms with Crippen molar-refractivity contribution in [2.75, 3.05) is 31.6 Å². The number of anilines is 1. The van der Waals surface area contributed by atoms with E-state index in [-0.39, 0.29) is 6.04 Å². The third kappa shape index (κ3) is 4.10. The Morgan fingerprint density at radius 3 is 2.80 bits per heavy atom. The molecule has 6 heterocycles. The van der Waals surface area contributed by atoms with Gasteiger partial charge in [-0.2, -0.15) is 0 Å². The molecule has 0 saturated carbocycles. The molecule has 12 heteroatoms. The van der Waals surface area contributed by atoms with E-state index in [9.17, 15) is 13.2 Å². The van der Waals surface area contributed by atoms with Gasteiger partial charge in [0, 0.05) is 24.8 Å². The molecule has 6 rings (SSSR count). The van der Waals surface area contributed by atoms with Crippen LogP contribution >= 0.6 is 0 Å². The molecule has 0 unspecified atom stereocenters. The van der Waals surface area contributed by atoms with E-state index in [0.29, 0.717) is 66.4 Å². The first kappa shape index (κ1) is 22.2. The highest BCUT2D eigenvalue weighted by Crippen LogP contribution is 2.27. The van der Waals surface area contributed by atoms with E-state index in [1.54, 1.807) is 36.0 Å². The number of imidazole rings is 1. The maximum atomic E-state index is 14.8. The second-order valence-electron chi connectivity index (χ2n) is 9.08. The zero-order valence-corrected chi connectivity index (χ0v) is 19.1. The van der Waals surface area contributed by atoms with E-state index in [0.717, 1.165) is 12.1 Å². The fourth-order valence-corrected chi connectivity index (χ4v) is 4.83. The van der Waals surface area contributed by atoms with Gasteiger partial charge >= 0.3 is 0 Å². The van der Waals surface area contributed by atoms with Crippen LogP contribution in [0.15, 0.2) is 30.6 Å². The van der Waals surface area contributed by atoms with Crippen LogP contribution in [0.2, 0.25) is 0 Å². The molecule has 35 heavy (non-hydrogen) atoms. The zero-order valence-electron chi connectivity index (χ0n) is 19.1. The van der Waals surface area contributed by atoms with Crippen LogP contribution in [0.4, 0.5) is 19.1 Å². The number of aryl methyl sites for hydroxylation is 1. The van der Waals surface area contributed by atoms with Gasteiger partial charge in [0.2, 0.25) is 5.95 Å². The van der Waals surface area contributed by atoms with Crippen LogP contribution in [0, 0.1) is 6.92 Å². The number of piperidine rings is 1. The molecule has 2 aliphatic rings. The van der Waals surface area contributed by atoms with Gasteiger partial charge in [-0.3, -0.25) is 4.90 Å². The molecule has 1 N–H and O–H groups in total. The lowest BCUT2D eigenvalue weighted by Crippen LogP contribution is -2.57. The summed E-state index contributed by atoms with van der Waals surface area (Å²) in [6.45, 7) is 3.76. The number of nitrogens with zero attached hydrogens (tertiary/aromatic N) is 7. The third-order valence-corrected chi connectivity index (χ3v) is 6.82. The molecule has 0 radical (unpaired) electrons. The molecule has 9 nitrogen and oxygen atoms in total. The second-order valence-corrected chi connectivity index (χ2v) is 9.08. The highest BCUT2D eigenvalue weighted by Gasteiger charge is 2.35. The topological polar surface area (TPSA) is 85.4 Å². The average molecular weight is 487 g/mol. The molecular weight excluding hydrogens is 461 g/mol. The van der Waals surface area contributed by atoms with Gasteiger partial charge in [0.1, 0.15) is 17.5 Å². The first-order valence-corrected chi connectivity index (χ1v) is 11.7. The molecule has 2 saturated heterocycles. The van der Waals surface area contributed by atoms with Crippen molar-refractivity contribution in [3.8, 4) is 11.3 Å². The van der Waals surface area contributed by atoms with Crippen LogP contribution in [0.5, 0.6) is 0 Å². The Bertz CT molecular complexity index is 1370. The van der Waals surface area contributed by atoms with E-state index < -0.39 is 19.1 Å². The SMILES string of the molecule is Cc1nc2ccc(-c3ccn4nc(N[C@H]5CCN(C6COC6)C[C@H]5F)ncc34)nc2n1CC(F)F. The molecule has 0 bridgehead atoms. The monoisotopic (exact) mass is 486 g/mol. The first-order valence-electron chi connectivity index (χ1n) is 11.7. The summed E-state index contributed by atoms with van der Waals surface area (Å²) in [6, 6.07) is 5.39. The van der Waals surface area contributed by atoms with Gasteiger partial charge in [0.25, 0.3) is 6.43 Å². The van der Waals surface area contributed by atoms with Crippen molar-refractivity contribution in [2.24, 2.45) is 0 Å². The van der Waals surface area contributed by atoms with E-state index >= 15 is 0 Å². The summed E-state index contributed by atoms with van der Waals surface area (Å²) in [4.78, 5) is 15.5. The lowest BCUT2D eigenvalue weighted by molar-refractivity contribution is -0.0794. The summed E-state index contributed by atoms with van der Waals surface area (Å²) in [7, 11) is 0. The summed E-state index contributed by atoms with van der Waals surface area (Å²) in [5, 5.41) is 7.65.